The van der Waals surface area contributed by atoms with Crippen molar-refractivity contribution < 1.29 is 4.79 Å². The van der Waals surface area contributed by atoms with Gasteiger partial charge in [-0.25, -0.2) is 0 Å². The Morgan fingerprint density at radius 3 is 2.55 bits per heavy atom. The van der Waals surface area contributed by atoms with Crippen LogP contribution in [0.5, 0.6) is 0 Å². The maximum Gasteiger partial charge on any atom is 0.281 e. The molecule has 1 amide bonds. The van der Waals surface area contributed by atoms with Gasteiger partial charge in [-0.05, 0) is 12.7 Å². The zero-order valence-electron chi connectivity index (χ0n) is 7.39. The molecule has 0 fully saturated rings. The minimum Gasteiger partial charge on any atom is -0.333 e. The molecule has 0 aromatic rings. The lowest BCUT2D eigenvalue weighted by Gasteiger charge is -2.15. The lowest BCUT2D eigenvalue weighted by atomic mass is 10.3. The molecule has 0 aromatic carbocycles. The molecule has 0 aliphatic rings. The van der Waals surface area contributed by atoms with E-state index >= 15 is 0 Å². The quantitative estimate of drug-likeness (QED) is 0.611. The van der Waals surface area contributed by atoms with Gasteiger partial charge < -0.3 is 4.90 Å². The fraction of sp³-hybridized carbons (Fsp3) is 0.625. The second kappa shape index (κ2) is 5.24. The molecule has 0 unspecified atom stereocenters. The van der Waals surface area contributed by atoms with Crippen molar-refractivity contribution in [3.8, 4) is 0 Å². The van der Waals surface area contributed by atoms with Crippen molar-refractivity contribution in [2.75, 3.05) is 19.3 Å². The monoisotopic (exact) mass is 173 g/mol. The SMILES string of the molecule is C=C(C)CN(C)C(=O)SCC. The molecule has 0 saturated carbocycles. The maximum atomic E-state index is 11.1. The number of likely N-dealkylation sites (N-methyl/N-ethyl adjacent to an activating group) is 1. The number of thioether (sulfide) groups is 1. The molecular weight excluding hydrogens is 158 g/mol. The third kappa shape index (κ3) is 4.90. The second-order valence-corrected chi connectivity index (χ2v) is 3.73. The van der Waals surface area contributed by atoms with Crippen LogP contribution in [0.25, 0.3) is 0 Å². The van der Waals surface area contributed by atoms with Gasteiger partial charge in [0, 0.05) is 13.6 Å². The number of rotatable bonds is 3. The fourth-order valence-electron chi connectivity index (χ4n) is 0.703. The highest BCUT2D eigenvalue weighted by Gasteiger charge is 2.06. The Hall–Kier alpha value is -0.440. The Kier molecular flexibility index (Phi) is 5.03. The number of hydrogen-bond acceptors (Lipinski definition) is 2. The van der Waals surface area contributed by atoms with Gasteiger partial charge in [-0.15, -0.1) is 0 Å². The topological polar surface area (TPSA) is 20.3 Å². The van der Waals surface area contributed by atoms with Crippen LogP contribution in [0.2, 0.25) is 0 Å². The van der Waals surface area contributed by atoms with Gasteiger partial charge in [0.2, 0.25) is 0 Å². The molecule has 0 radical (unpaired) electrons. The highest BCUT2D eigenvalue weighted by molar-refractivity contribution is 8.13. The summed E-state index contributed by atoms with van der Waals surface area (Å²) in [5, 5.41) is 0.121. The first-order valence-corrected chi connectivity index (χ1v) is 4.58. The van der Waals surface area contributed by atoms with Crippen LogP contribution < -0.4 is 0 Å². The van der Waals surface area contributed by atoms with Crippen molar-refractivity contribution in [3.05, 3.63) is 12.2 Å². The fourth-order valence-corrected chi connectivity index (χ4v) is 1.23. The van der Waals surface area contributed by atoms with E-state index in [2.05, 4.69) is 6.58 Å². The van der Waals surface area contributed by atoms with Crippen molar-refractivity contribution in [1.82, 2.24) is 4.90 Å². The van der Waals surface area contributed by atoms with Crippen LogP contribution in [0.4, 0.5) is 4.79 Å². The predicted molar refractivity (Wildman–Crippen MR) is 51.0 cm³/mol. The predicted octanol–water partition coefficient (Wildman–Crippen LogP) is 2.37. The summed E-state index contributed by atoms with van der Waals surface area (Å²) in [6, 6.07) is 0. The Morgan fingerprint density at radius 1 is 1.64 bits per heavy atom. The highest BCUT2D eigenvalue weighted by atomic mass is 32.2. The number of nitrogens with zero attached hydrogens (tertiary/aromatic N) is 1. The van der Waals surface area contributed by atoms with E-state index in [-0.39, 0.29) is 5.24 Å². The van der Waals surface area contributed by atoms with E-state index < -0.39 is 0 Å². The van der Waals surface area contributed by atoms with Crippen LogP contribution in [0.1, 0.15) is 13.8 Å². The second-order valence-electron chi connectivity index (χ2n) is 2.51. The van der Waals surface area contributed by atoms with Crippen LogP contribution >= 0.6 is 11.8 Å². The Labute approximate surface area is 72.6 Å². The highest BCUT2D eigenvalue weighted by Crippen LogP contribution is 2.07. The summed E-state index contributed by atoms with van der Waals surface area (Å²) in [6.45, 7) is 8.28. The third-order valence-corrected chi connectivity index (χ3v) is 1.93. The van der Waals surface area contributed by atoms with Gasteiger partial charge in [0.1, 0.15) is 0 Å². The van der Waals surface area contributed by atoms with E-state index in [9.17, 15) is 4.79 Å². The number of hydrogen-bond donors (Lipinski definition) is 0. The molecule has 0 aliphatic heterocycles. The summed E-state index contributed by atoms with van der Waals surface area (Å²) < 4.78 is 0. The summed E-state index contributed by atoms with van der Waals surface area (Å²) in [7, 11) is 1.79. The van der Waals surface area contributed by atoms with Crippen LogP contribution in [-0.2, 0) is 0 Å². The molecule has 0 atom stereocenters. The molecule has 0 spiro atoms. The summed E-state index contributed by atoms with van der Waals surface area (Å²) in [4.78, 5) is 12.8. The van der Waals surface area contributed by atoms with Crippen molar-refractivity contribution in [1.29, 1.82) is 0 Å². The molecule has 11 heavy (non-hydrogen) atoms. The van der Waals surface area contributed by atoms with Crippen LogP contribution in [0, 0.1) is 0 Å². The summed E-state index contributed by atoms with van der Waals surface area (Å²) in [6.07, 6.45) is 0. The molecule has 0 N–H and O–H groups in total. The van der Waals surface area contributed by atoms with E-state index in [1.54, 1.807) is 11.9 Å². The Bertz CT molecular complexity index is 156. The largest absolute Gasteiger partial charge is 0.333 e. The zero-order chi connectivity index (χ0) is 8.85. The van der Waals surface area contributed by atoms with E-state index in [1.807, 2.05) is 13.8 Å². The first kappa shape index (κ1) is 10.6. The van der Waals surface area contributed by atoms with Gasteiger partial charge in [-0.2, -0.15) is 0 Å². The van der Waals surface area contributed by atoms with Crippen molar-refractivity contribution >= 4 is 17.0 Å². The summed E-state index contributed by atoms with van der Waals surface area (Å²) in [5.74, 6) is 0.833. The van der Waals surface area contributed by atoms with Crippen molar-refractivity contribution in [2.45, 2.75) is 13.8 Å². The average Bonchev–Trinajstić information content (AvgIpc) is 1.86. The lowest BCUT2D eigenvalue weighted by Crippen LogP contribution is -2.24. The Balaban J connectivity index is 3.73. The molecule has 3 heteroatoms. The number of carbonyl (C=O) groups excluding carboxylic acids is 1. The molecule has 0 aromatic heterocycles. The normalized spacial score (nSPS) is 9.36. The molecule has 0 saturated heterocycles. The molecule has 0 aliphatic carbocycles. The summed E-state index contributed by atoms with van der Waals surface area (Å²) >= 11 is 1.33. The van der Waals surface area contributed by atoms with E-state index in [0.717, 1.165) is 11.3 Å². The maximum absolute atomic E-state index is 11.1. The van der Waals surface area contributed by atoms with Gasteiger partial charge in [0.25, 0.3) is 5.24 Å². The van der Waals surface area contributed by atoms with Crippen molar-refractivity contribution in [2.24, 2.45) is 0 Å². The van der Waals surface area contributed by atoms with Crippen LogP contribution in [0.3, 0.4) is 0 Å². The first-order valence-electron chi connectivity index (χ1n) is 3.60. The van der Waals surface area contributed by atoms with Gasteiger partial charge in [0.05, 0.1) is 0 Å². The third-order valence-electron chi connectivity index (χ3n) is 1.09. The minimum atomic E-state index is 0.121. The van der Waals surface area contributed by atoms with Gasteiger partial charge >= 0.3 is 0 Å². The Morgan fingerprint density at radius 2 is 2.18 bits per heavy atom. The first-order chi connectivity index (χ1) is 5.07. The smallest absolute Gasteiger partial charge is 0.281 e. The van der Waals surface area contributed by atoms with Crippen molar-refractivity contribution in [3.63, 3.8) is 0 Å². The molecule has 64 valence electrons. The number of carbonyl (C=O) groups is 1. The standard InChI is InChI=1S/C8H15NOS/c1-5-11-8(10)9(4)6-7(2)3/h2,5-6H2,1,3-4H3. The van der Waals surface area contributed by atoms with Gasteiger partial charge in [-0.3, -0.25) is 4.79 Å². The van der Waals surface area contributed by atoms with E-state index in [4.69, 9.17) is 0 Å². The molecule has 0 rings (SSSR count). The molecular formula is C8H15NOS. The van der Waals surface area contributed by atoms with Crippen LogP contribution in [-0.4, -0.2) is 29.5 Å². The zero-order valence-corrected chi connectivity index (χ0v) is 8.20. The number of amides is 1. The minimum absolute atomic E-state index is 0.121. The van der Waals surface area contributed by atoms with E-state index in [1.165, 1.54) is 11.8 Å². The lowest BCUT2D eigenvalue weighted by molar-refractivity contribution is 0.236. The van der Waals surface area contributed by atoms with Gasteiger partial charge in [0.15, 0.2) is 0 Å². The van der Waals surface area contributed by atoms with Crippen LogP contribution in [0.15, 0.2) is 12.2 Å². The van der Waals surface area contributed by atoms with Gasteiger partial charge in [-0.1, -0.05) is 30.8 Å². The molecule has 0 heterocycles. The molecule has 2 nitrogen and oxygen atoms in total. The summed E-state index contributed by atoms with van der Waals surface area (Å²) in [5.41, 5.74) is 1.01. The van der Waals surface area contributed by atoms with E-state index in [0.29, 0.717) is 6.54 Å². The average molecular weight is 173 g/mol. The molecule has 0 bridgehead atoms.